The van der Waals surface area contributed by atoms with Crippen molar-refractivity contribution in [2.24, 2.45) is 0 Å². The molecule has 6 heteroatoms. The number of aryl methyl sites for hydroxylation is 1. The zero-order valence-corrected chi connectivity index (χ0v) is 14.1. The maximum atomic E-state index is 9.82. The molecule has 0 aliphatic carbocycles. The van der Waals surface area contributed by atoms with Crippen molar-refractivity contribution in [1.29, 1.82) is 0 Å². The molecule has 130 valence electrons. The molecule has 1 aromatic carbocycles. The summed E-state index contributed by atoms with van der Waals surface area (Å²) in [6.45, 7) is 6.19. The van der Waals surface area contributed by atoms with Crippen LogP contribution in [0.4, 0.5) is 0 Å². The molecule has 1 aliphatic heterocycles. The van der Waals surface area contributed by atoms with Gasteiger partial charge in [0.25, 0.3) is 0 Å². The highest BCUT2D eigenvalue weighted by molar-refractivity contribution is 5.63. The molecule has 0 spiro atoms. The van der Waals surface area contributed by atoms with Crippen LogP contribution in [-0.4, -0.2) is 52.0 Å². The van der Waals surface area contributed by atoms with Crippen molar-refractivity contribution in [2.75, 3.05) is 19.7 Å². The third-order valence-electron chi connectivity index (χ3n) is 4.31. The van der Waals surface area contributed by atoms with E-state index in [2.05, 4.69) is 9.88 Å². The van der Waals surface area contributed by atoms with Gasteiger partial charge in [-0.3, -0.25) is 4.90 Å². The summed E-state index contributed by atoms with van der Waals surface area (Å²) in [6.07, 6.45) is -0.768. The van der Waals surface area contributed by atoms with Crippen LogP contribution in [0.5, 0.6) is 5.75 Å². The summed E-state index contributed by atoms with van der Waals surface area (Å²) in [5.74, 6) is 2.06. The number of β-amino-alcohol motifs (C(OH)–C–C–N with tert-alkyl or cyclic N) is 1. The van der Waals surface area contributed by atoms with Crippen molar-refractivity contribution in [3.8, 4) is 17.2 Å². The molecule has 0 radical (unpaired) electrons. The lowest BCUT2D eigenvalue weighted by atomic mass is 10.1. The zero-order valence-electron chi connectivity index (χ0n) is 14.1. The summed E-state index contributed by atoms with van der Waals surface area (Å²) < 4.78 is 11.5. The number of piperidine rings is 1. The second kappa shape index (κ2) is 7.34. The number of ether oxygens (including phenoxy) is 1. The minimum Gasteiger partial charge on any atom is -0.493 e. The summed E-state index contributed by atoms with van der Waals surface area (Å²) in [6, 6.07) is 7.69. The van der Waals surface area contributed by atoms with E-state index in [1.54, 1.807) is 0 Å². The molecule has 6 nitrogen and oxygen atoms in total. The number of para-hydroxylation sites is 1. The van der Waals surface area contributed by atoms with Crippen LogP contribution < -0.4 is 4.74 Å². The first-order chi connectivity index (χ1) is 11.6. The predicted octanol–water partition coefficient (Wildman–Crippen LogP) is 1.98. The minimum atomic E-state index is -0.705. The van der Waals surface area contributed by atoms with E-state index in [1.165, 1.54) is 0 Å². The molecule has 1 fully saturated rings. The highest BCUT2D eigenvalue weighted by Crippen LogP contribution is 2.31. The highest BCUT2D eigenvalue weighted by Gasteiger charge is 2.27. The number of rotatable bonds is 5. The maximum absolute atomic E-state index is 9.82. The van der Waals surface area contributed by atoms with Crippen LogP contribution in [0.25, 0.3) is 11.5 Å². The molecule has 0 unspecified atom stereocenters. The zero-order chi connectivity index (χ0) is 17.1. The van der Waals surface area contributed by atoms with Crippen molar-refractivity contribution in [3.05, 3.63) is 35.7 Å². The van der Waals surface area contributed by atoms with Crippen molar-refractivity contribution in [3.63, 3.8) is 0 Å². The summed E-state index contributed by atoms with van der Waals surface area (Å²) in [7, 11) is 0. The number of aromatic nitrogens is 1. The van der Waals surface area contributed by atoms with Crippen molar-refractivity contribution in [1.82, 2.24) is 9.88 Å². The first-order valence-electron chi connectivity index (χ1n) is 8.35. The van der Waals surface area contributed by atoms with Gasteiger partial charge < -0.3 is 19.4 Å². The summed E-state index contributed by atoms with van der Waals surface area (Å²) in [4.78, 5) is 6.71. The Balaban J connectivity index is 1.78. The standard InChI is InChI=1S/C18H24N2O4/c1-3-23-17-7-5-4-6-13(17)18-19-14(12(2)24-18)10-20-9-8-15(21)16(22)11-20/h4-7,15-16,21-22H,3,8-11H2,1-2H3/t15-,16-/m1/s1. The molecule has 1 aliphatic rings. The van der Waals surface area contributed by atoms with Crippen LogP contribution >= 0.6 is 0 Å². The fourth-order valence-corrected chi connectivity index (χ4v) is 2.95. The Morgan fingerprint density at radius 2 is 2.08 bits per heavy atom. The van der Waals surface area contributed by atoms with Gasteiger partial charge in [0.15, 0.2) is 0 Å². The molecule has 0 amide bonds. The van der Waals surface area contributed by atoms with Crippen molar-refractivity contribution >= 4 is 0 Å². The van der Waals surface area contributed by atoms with Crippen LogP contribution in [0.2, 0.25) is 0 Å². The molecule has 2 atom stereocenters. The van der Waals surface area contributed by atoms with Gasteiger partial charge in [-0.2, -0.15) is 0 Å². The second-order valence-corrected chi connectivity index (χ2v) is 6.11. The van der Waals surface area contributed by atoms with Gasteiger partial charge in [0.1, 0.15) is 11.5 Å². The van der Waals surface area contributed by atoms with E-state index < -0.39 is 12.2 Å². The predicted molar refractivity (Wildman–Crippen MR) is 89.8 cm³/mol. The molecular weight excluding hydrogens is 308 g/mol. The normalized spacial score (nSPS) is 21.8. The summed E-state index contributed by atoms with van der Waals surface area (Å²) in [5.41, 5.74) is 1.68. The van der Waals surface area contributed by atoms with E-state index in [-0.39, 0.29) is 0 Å². The summed E-state index contributed by atoms with van der Waals surface area (Å²) in [5, 5.41) is 19.4. The molecule has 2 aromatic rings. The van der Waals surface area contributed by atoms with E-state index in [0.29, 0.717) is 32.0 Å². The lowest BCUT2D eigenvalue weighted by Gasteiger charge is -2.32. The molecule has 1 aromatic heterocycles. The van der Waals surface area contributed by atoms with Gasteiger partial charge in [0, 0.05) is 19.6 Å². The number of aliphatic hydroxyl groups is 2. The number of nitrogens with zero attached hydrogens (tertiary/aromatic N) is 2. The Labute approximate surface area is 141 Å². The van der Waals surface area contributed by atoms with Gasteiger partial charge >= 0.3 is 0 Å². The number of likely N-dealkylation sites (tertiary alicyclic amines) is 1. The van der Waals surface area contributed by atoms with E-state index >= 15 is 0 Å². The first kappa shape index (κ1) is 17.0. The number of benzene rings is 1. The van der Waals surface area contributed by atoms with Gasteiger partial charge in [-0.25, -0.2) is 4.98 Å². The third kappa shape index (κ3) is 3.61. The molecule has 0 bridgehead atoms. The number of hydrogen-bond donors (Lipinski definition) is 2. The van der Waals surface area contributed by atoms with E-state index in [4.69, 9.17) is 9.15 Å². The number of oxazole rings is 1. The summed E-state index contributed by atoms with van der Waals surface area (Å²) >= 11 is 0. The molecule has 3 rings (SSSR count). The van der Waals surface area contributed by atoms with E-state index in [9.17, 15) is 10.2 Å². The monoisotopic (exact) mass is 332 g/mol. The molecule has 1 saturated heterocycles. The Morgan fingerprint density at radius 1 is 1.29 bits per heavy atom. The smallest absolute Gasteiger partial charge is 0.230 e. The topological polar surface area (TPSA) is 79.0 Å². The van der Waals surface area contributed by atoms with E-state index in [1.807, 2.05) is 38.1 Å². The lowest BCUT2D eigenvalue weighted by Crippen LogP contribution is -2.46. The average Bonchev–Trinajstić information content (AvgIpc) is 2.92. The highest BCUT2D eigenvalue weighted by atomic mass is 16.5. The van der Waals surface area contributed by atoms with Crippen LogP contribution in [0.1, 0.15) is 24.8 Å². The van der Waals surface area contributed by atoms with Crippen LogP contribution in [-0.2, 0) is 6.54 Å². The quantitative estimate of drug-likeness (QED) is 0.872. The molecular formula is C18H24N2O4. The molecule has 0 saturated carbocycles. The number of aliphatic hydroxyl groups excluding tert-OH is 2. The van der Waals surface area contributed by atoms with Gasteiger partial charge in [0.2, 0.25) is 5.89 Å². The van der Waals surface area contributed by atoms with Gasteiger partial charge in [-0.1, -0.05) is 12.1 Å². The fourth-order valence-electron chi connectivity index (χ4n) is 2.95. The van der Waals surface area contributed by atoms with E-state index in [0.717, 1.165) is 29.3 Å². The molecule has 2 N–H and O–H groups in total. The Kier molecular flexibility index (Phi) is 5.18. The fraction of sp³-hybridized carbons (Fsp3) is 0.500. The van der Waals surface area contributed by atoms with Crippen molar-refractivity contribution < 1.29 is 19.4 Å². The maximum Gasteiger partial charge on any atom is 0.230 e. The van der Waals surface area contributed by atoms with Gasteiger partial charge in [-0.15, -0.1) is 0 Å². The second-order valence-electron chi connectivity index (χ2n) is 6.11. The molecule has 24 heavy (non-hydrogen) atoms. The molecule has 2 heterocycles. The van der Waals surface area contributed by atoms with Crippen LogP contribution in [0.15, 0.2) is 28.7 Å². The van der Waals surface area contributed by atoms with Gasteiger partial charge in [-0.05, 0) is 32.4 Å². The Morgan fingerprint density at radius 3 is 2.83 bits per heavy atom. The third-order valence-corrected chi connectivity index (χ3v) is 4.31. The van der Waals surface area contributed by atoms with Crippen LogP contribution in [0, 0.1) is 6.92 Å². The largest absolute Gasteiger partial charge is 0.493 e. The minimum absolute atomic E-state index is 0.443. The number of hydrogen-bond acceptors (Lipinski definition) is 6. The Bertz CT molecular complexity index is 685. The average molecular weight is 332 g/mol. The van der Waals surface area contributed by atoms with Gasteiger partial charge in [0.05, 0.1) is 30.1 Å². The lowest BCUT2D eigenvalue weighted by molar-refractivity contribution is -0.0406. The SMILES string of the molecule is CCOc1ccccc1-c1nc(CN2CC[C@@H](O)[C@H](O)C2)c(C)o1. The van der Waals surface area contributed by atoms with Crippen LogP contribution in [0.3, 0.4) is 0 Å². The van der Waals surface area contributed by atoms with Crippen molar-refractivity contribution in [2.45, 2.75) is 39.0 Å². The first-order valence-corrected chi connectivity index (χ1v) is 8.35. The Hall–Kier alpha value is -1.89.